The van der Waals surface area contributed by atoms with Gasteiger partial charge < -0.3 is 10.1 Å². The Morgan fingerprint density at radius 3 is 3.24 bits per heavy atom. The average molecular weight is 287 g/mol. The van der Waals surface area contributed by atoms with E-state index in [1.807, 2.05) is 10.9 Å². The number of benzene rings is 1. The van der Waals surface area contributed by atoms with Gasteiger partial charge in [-0.1, -0.05) is 11.6 Å². The maximum atomic E-state index is 11.9. The molecule has 1 N–H and O–H groups in total. The second-order valence-corrected chi connectivity index (χ2v) is 5.62. The van der Waals surface area contributed by atoms with E-state index in [0.29, 0.717) is 19.5 Å². The second kappa shape index (κ2) is 6.26. The number of carbonyl (C=O) groups excluding carboxylic acids is 1. The van der Waals surface area contributed by atoms with Crippen molar-refractivity contribution in [2.45, 2.75) is 38.8 Å². The largest absolute Gasteiger partial charge is 0.376 e. The van der Waals surface area contributed by atoms with Gasteiger partial charge in [-0.3, -0.25) is 9.48 Å². The molecule has 5 heteroatoms. The summed E-state index contributed by atoms with van der Waals surface area (Å²) in [5.41, 5.74) is 2.30. The predicted octanol–water partition coefficient (Wildman–Crippen LogP) is 2.03. The van der Waals surface area contributed by atoms with Crippen LogP contribution in [0.1, 0.15) is 24.8 Å². The van der Waals surface area contributed by atoms with E-state index in [0.717, 1.165) is 30.4 Å². The van der Waals surface area contributed by atoms with Crippen molar-refractivity contribution in [2.24, 2.45) is 0 Å². The van der Waals surface area contributed by atoms with Crippen LogP contribution < -0.4 is 5.32 Å². The van der Waals surface area contributed by atoms with Gasteiger partial charge in [0, 0.05) is 25.0 Å². The zero-order valence-corrected chi connectivity index (χ0v) is 12.3. The standard InChI is InChI=1S/C16H21N3O2/c1-12-4-5-15-13(9-12)10-18-19(15)7-6-16(20)17-11-14-3-2-8-21-14/h4-5,9-10,14H,2-3,6-8,11H2,1H3,(H,17,20)/t14-/m1/s1. The number of aromatic nitrogens is 2. The van der Waals surface area contributed by atoms with Gasteiger partial charge in [0.05, 0.1) is 24.4 Å². The zero-order valence-electron chi connectivity index (χ0n) is 12.3. The Kier molecular flexibility index (Phi) is 4.20. The fraction of sp³-hybridized carbons (Fsp3) is 0.500. The maximum Gasteiger partial charge on any atom is 0.221 e. The van der Waals surface area contributed by atoms with Crippen molar-refractivity contribution in [3.8, 4) is 0 Å². The monoisotopic (exact) mass is 287 g/mol. The van der Waals surface area contributed by atoms with E-state index >= 15 is 0 Å². The first kappa shape index (κ1) is 14.1. The number of aryl methyl sites for hydroxylation is 2. The Morgan fingerprint density at radius 2 is 2.43 bits per heavy atom. The van der Waals surface area contributed by atoms with Gasteiger partial charge in [-0.25, -0.2) is 0 Å². The third-order valence-electron chi connectivity index (χ3n) is 3.90. The Morgan fingerprint density at radius 1 is 1.52 bits per heavy atom. The van der Waals surface area contributed by atoms with Gasteiger partial charge in [-0.2, -0.15) is 5.10 Å². The molecule has 2 heterocycles. The fourth-order valence-corrected chi connectivity index (χ4v) is 2.71. The molecule has 1 fully saturated rings. The molecular weight excluding hydrogens is 266 g/mol. The van der Waals surface area contributed by atoms with Crippen LogP contribution in [0.25, 0.3) is 10.9 Å². The quantitative estimate of drug-likeness (QED) is 0.915. The lowest BCUT2D eigenvalue weighted by Gasteiger charge is -2.11. The first-order valence-corrected chi connectivity index (χ1v) is 7.53. The zero-order chi connectivity index (χ0) is 14.7. The molecule has 0 saturated carbocycles. The van der Waals surface area contributed by atoms with E-state index in [4.69, 9.17) is 4.74 Å². The topological polar surface area (TPSA) is 56.2 Å². The third-order valence-corrected chi connectivity index (χ3v) is 3.90. The van der Waals surface area contributed by atoms with E-state index in [9.17, 15) is 4.79 Å². The molecule has 1 atom stereocenters. The van der Waals surface area contributed by atoms with Crippen molar-refractivity contribution in [1.82, 2.24) is 15.1 Å². The summed E-state index contributed by atoms with van der Waals surface area (Å²) < 4.78 is 7.38. The molecule has 1 amide bonds. The third kappa shape index (κ3) is 3.42. The molecule has 5 nitrogen and oxygen atoms in total. The van der Waals surface area contributed by atoms with Crippen LogP contribution in [-0.2, 0) is 16.1 Å². The Bertz CT molecular complexity index is 629. The van der Waals surface area contributed by atoms with Crippen LogP contribution in [0.3, 0.4) is 0 Å². The molecular formula is C16H21N3O2. The predicted molar refractivity (Wildman–Crippen MR) is 81.1 cm³/mol. The van der Waals surface area contributed by atoms with Crippen LogP contribution in [0.15, 0.2) is 24.4 Å². The van der Waals surface area contributed by atoms with Gasteiger partial charge in [0.25, 0.3) is 0 Å². The van der Waals surface area contributed by atoms with Crippen LogP contribution >= 0.6 is 0 Å². The second-order valence-electron chi connectivity index (χ2n) is 5.62. The number of fused-ring (bicyclic) bond motifs is 1. The molecule has 1 aromatic heterocycles. The van der Waals surface area contributed by atoms with Gasteiger partial charge in [-0.15, -0.1) is 0 Å². The van der Waals surface area contributed by atoms with Crippen LogP contribution in [0.5, 0.6) is 0 Å². The number of ether oxygens (including phenoxy) is 1. The minimum Gasteiger partial charge on any atom is -0.376 e. The molecule has 112 valence electrons. The summed E-state index contributed by atoms with van der Waals surface area (Å²) in [5, 5.41) is 8.42. The molecule has 1 saturated heterocycles. The Labute approximate surface area is 124 Å². The van der Waals surface area contributed by atoms with Gasteiger partial charge in [0.1, 0.15) is 0 Å². The molecule has 0 spiro atoms. The van der Waals surface area contributed by atoms with E-state index in [2.05, 4.69) is 35.5 Å². The minimum absolute atomic E-state index is 0.0567. The summed E-state index contributed by atoms with van der Waals surface area (Å²) in [5.74, 6) is 0.0567. The van der Waals surface area contributed by atoms with Gasteiger partial charge in [-0.05, 0) is 31.9 Å². The van der Waals surface area contributed by atoms with Crippen LogP contribution in [-0.4, -0.2) is 34.9 Å². The smallest absolute Gasteiger partial charge is 0.221 e. The highest BCUT2D eigenvalue weighted by Gasteiger charge is 2.16. The molecule has 21 heavy (non-hydrogen) atoms. The normalized spacial score (nSPS) is 18.2. The molecule has 1 aromatic carbocycles. The van der Waals surface area contributed by atoms with Crippen molar-refractivity contribution < 1.29 is 9.53 Å². The molecule has 3 rings (SSSR count). The highest BCUT2D eigenvalue weighted by molar-refractivity contribution is 5.80. The van der Waals surface area contributed by atoms with Crippen molar-refractivity contribution in [3.63, 3.8) is 0 Å². The molecule has 2 aromatic rings. The maximum absolute atomic E-state index is 11.9. The van der Waals surface area contributed by atoms with E-state index in [-0.39, 0.29) is 12.0 Å². The molecule has 0 unspecified atom stereocenters. The highest BCUT2D eigenvalue weighted by Crippen LogP contribution is 2.15. The summed E-state index contributed by atoms with van der Waals surface area (Å²) in [7, 11) is 0. The van der Waals surface area contributed by atoms with E-state index in [1.54, 1.807) is 0 Å². The Hall–Kier alpha value is -1.88. The number of hydrogen-bond donors (Lipinski definition) is 1. The average Bonchev–Trinajstić information content (AvgIpc) is 3.12. The summed E-state index contributed by atoms with van der Waals surface area (Å²) in [4.78, 5) is 11.9. The fourth-order valence-electron chi connectivity index (χ4n) is 2.71. The number of amides is 1. The van der Waals surface area contributed by atoms with Gasteiger partial charge >= 0.3 is 0 Å². The van der Waals surface area contributed by atoms with E-state index < -0.39 is 0 Å². The van der Waals surface area contributed by atoms with Crippen molar-refractivity contribution in [3.05, 3.63) is 30.0 Å². The number of nitrogens with zero attached hydrogens (tertiary/aromatic N) is 2. The van der Waals surface area contributed by atoms with Crippen LogP contribution in [0.2, 0.25) is 0 Å². The van der Waals surface area contributed by atoms with Gasteiger partial charge in [0.15, 0.2) is 0 Å². The molecule has 0 aliphatic carbocycles. The summed E-state index contributed by atoms with van der Waals surface area (Å²) in [6.07, 6.45) is 4.63. The van der Waals surface area contributed by atoms with Crippen LogP contribution in [0, 0.1) is 6.92 Å². The molecule has 1 aliphatic rings. The summed E-state index contributed by atoms with van der Waals surface area (Å²) in [6, 6.07) is 6.23. The SMILES string of the molecule is Cc1ccc2c(cnn2CCC(=O)NC[C@H]2CCCO2)c1. The van der Waals surface area contributed by atoms with E-state index in [1.165, 1.54) is 5.56 Å². The first-order valence-electron chi connectivity index (χ1n) is 7.53. The number of rotatable bonds is 5. The number of hydrogen-bond acceptors (Lipinski definition) is 3. The molecule has 0 radical (unpaired) electrons. The Balaban J connectivity index is 1.52. The minimum atomic E-state index is 0.0567. The highest BCUT2D eigenvalue weighted by atomic mass is 16.5. The lowest BCUT2D eigenvalue weighted by atomic mass is 10.2. The lowest BCUT2D eigenvalue weighted by Crippen LogP contribution is -2.32. The van der Waals surface area contributed by atoms with Crippen molar-refractivity contribution in [2.75, 3.05) is 13.2 Å². The first-order chi connectivity index (χ1) is 10.2. The van der Waals surface area contributed by atoms with Crippen molar-refractivity contribution in [1.29, 1.82) is 0 Å². The number of nitrogens with one attached hydrogen (secondary N) is 1. The number of carbonyl (C=O) groups is 1. The summed E-state index contributed by atoms with van der Waals surface area (Å²) >= 11 is 0. The van der Waals surface area contributed by atoms with Crippen molar-refractivity contribution >= 4 is 16.8 Å². The summed E-state index contributed by atoms with van der Waals surface area (Å²) in [6.45, 7) is 4.11. The molecule has 0 bridgehead atoms. The molecule has 1 aliphatic heterocycles. The lowest BCUT2D eigenvalue weighted by molar-refractivity contribution is -0.121. The van der Waals surface area contributed by atoms with Crippen LogP contribution in [0.4, 0.5) is 0 Å². The van der Waals surface area contributed by atoms with Gasteiger partial charge in [0.2, 0.25) is 5.91 Å².